The highest BCUT2D eigenvalue weighted by Gasteiger charge is 2.85. The van der Waals surface area contributed by atoms with Crippen LogP contribution in [0.25, 0.3) is 0 Å². The number of carbonyl (C=O) groups is 4. The van der Waals surface area contributed by atoms with Crippen LogP contribution in [0.1, 0.15) is 47.0 Å². The van der Waals surface area contributed by atoms with Crippen LogP contribution in [0.5, 0.6) is 0 Å². The fourth-order valence-corrected chi connectivity index (χ4v) is 8.71. The van der Waals surface area contributed by atoms with E-state index in [2.05, 4.69) is 0 Å². The number of aliphatic hydroxyl groups is 3. The van der Waals surface area contributed by atoms with Crippen molar-refractivity contribution in [3.63, 3.8) is 0 Å². The molecule has 2 saturated carbocycles. The Balaban J connectivity index is 1.64. The summed E-state index contributed by atoms with van der Waals surface area (Å²) in [6, 6.07) is -1.21. The fourth-order valence-electron chi connectivity index (χ4n) is 8.71. The van der Waals surface area contributed by atoms with Gasteiger partial charge in [-0.15, -0.1) is 0 Å². The monoisotopic (exact) mass is 593 g/mol. The number of methoxy groups -OCH3 is 1. The molecule has 0 aromatic carbocycles. The van der Waals surface area contributed by atoms with Crippen molar-refractivity contribution in [3.8, 4) is 0 Å². The minimum absolute atomic E-state index is 0.168. The van der Waals surface area contributed by atoms with Crippen LogP contribution in [-0.4, -0.2) is 95.6 Å². The molecule has 0 amide bonds. The zero-order valence-electron chi connectivity index (χ0n) is 24.3. The molecule has 5 N–H and O–H groups in total. The molecule has 13 nitrogen and oxygen atoms in total. The normalized spacial score (nSPS) is 42.4. The van der Waals surface area contributed by atoms with Crippen molar-refractivity contribution in [1.82, 2.24) is 0 Å². The zero-order valence-corrected chi connectivity index (χ0v) is 24.3. The first-order valence-electron chi connectivity index (χ1n) is 14.1. The lowest BCUT2D eigenvalue weighted by molar-refractivity contribution is -0.291. The van der Waals surface area contributed by atoms with Crippen molar-refractivity contribution in [2.24, 2.45) is 34.3 Å². The molecule has 3 aliphatic carbocycles. The van der Waals surface area contributed by atoms with E-state index in [4.69, 9.17) is 29.4 Å². The van der Waals surface area contributed by atoms with Crippen molar-refractivity contribution in [1.29, 1.82) is 0 Å². The molecule has 0 aromatic rings. The molecule has 2 saturated heterocycles. The summed E-state index contributed by atoms with van der Waals surface area (Å²) in [5.41, 5.74) is 2.77. The van der Waals surface area contributed by atoms with Crippen LogP contribution in [0, 0.1) is 28.6 Å². The van der Waals surface area contributed by atoms with Gasteiger partial charge in [0.05, 0.1) is 32.3 Å². The van der Waals surface area contributed by atoms with Crippen molar-refractivity contribution >= 4 is 23.9 Å². The number of allylic oxidation sites excluding steroid dienone is 3. The molecule has 2 heterocycles. The summed E-state index contributed by atoms with van der Waals surface area (Å²) in [6.45, 7) is 6.35. The quantitative estimate of drug-likeness (QED) is 0.177. The third-order valence-corrected chi connectivity index (χ3v) is 10.4. The molecule has 2 bridgehead atoms. The largest absolute Gasteiger partial charge is 0.467 e. The number of hydrogen-bond donors (Lipinski definition) is 4. The van der Waals surface area contributed by atoms with Gasteiger partial charge in [0.1, 0.15) is 24.0 Å². The first kappa shape index (κ1) is 30.6. The van der Waals surface area contributed by atoms with Gasteiger partial charge >= 0.3 is 23.9 Å². The zero-order chi connectivity index (χ0) is 30.9. The molecule has 232 valence electrons. The molecule has 1 spiro atoms. The number of aliphatic hydroxyl groups excluding tert-OH is 3. The Morgan fingerprint density at radius 2 is 1.90 bits per heavy atom. The number of carbonyl (C=O) groups excluding carboxylic acids is 4. The van der Waals surface area contributed by atoms with Gasteiger partial charge in [0.2, 0.25) is 11.7 Å². The van der Waals surface area contributed by atoms with E-state index in [-0.39, 0.29) is 25.4 Å². The number of nitrogens with two attached hydrogens (primary N) is 1. The summed E-state index contributed by atoms with van der Waals surface area (Å²) in [5.74, 6) is -5.52. The van der Waals surface area contributed by atoms with E-state index >= 15 is 0 Å². The van der Waals surface area contributed by atoms with Crippen LogP contribution >= 0.6 is 0 Å². The molecule has 42 heavy (non-hydrogen) atoms. The summed E-state index contributed by atoms with van der Waals surface area (Å²) in [6.07, 6.45) is -3.75. The van der Waals surface area contributed by atoms with Gasteiger partial charge in [-0.1, -0.05) is 12.5 Å². The Bertz CT molecular complexity index is 1260. The van der Waals surface area contributed by atoms with Crippen molar-refractivity contribution in [2.75, 3.05) is 20.3 Å². The third-order valence-electron chi connectivity index (χ3n) is 10.4. The van der Waals surface area contributed by atoms with Crippen molar-refractivity contribution < 1.29 is 58.2 Å². The molecular weight excluding hydrogens is 554 g/mol. The molecule has 4 fully saturated rings. The Hall–Kier alpha value is -2.84. The molecule has 5 rings (SSSR count). The maximum atomic E-state index is 13.6. The number of ether oxygens (including phenoxy) is 5. The van der Waals surface area contributed by atoms with Crippen LogP contribution in [0.2, 0.25) is 0 Å². The Kier molecular flexibility index (Phi) is 7.58. The first-order chi connectivity index (χ1) is 19.7. The van der Waals surface area contributed by atoms with E-state index in [9.17, 15) is 34.5 Å². The topological polar surface area (TPSA) is 201 Å². The van der Waals surface area contributed by atoms with E-state index < -0.39 is 89.2 Å². The van der Waals surface area contributed by atoms with Crippen LogP contribution in [-0.2, 0) is 42.9 Å². The molecule has 11 atom stereocenters. The Morgan fingerprint density at radius 3 is 2.52 bits per heavy atom. The number of rotatable bonds is 6. The highest BCUT2D eigenvalue weighted by atomic mass is 16.6. The SMILES string of the molecule is COC(=O)[C@@]12OC[C@]34C([C@@H](O)[C@@H]1O)[C@@]1(C)CCC(OC(=O)[C@@H](N)CO)=C(C)[C@@H]1C[C@H]3OC(=O)[C@H](OC(=O)C=C(C)C)[C@@H]24. The van der Waals surface area contributed by atoms with Crippen LogP contribution in [0.15, 0.2) is 23.0 Å². The second kappa shape index (κ2) is 10.4. The van der Waals surface area contributed by atoms with E-state index in [0.717, 1.165) is 7.11 Å². The second-order valence-electron chi connectivity index (χ2n) is 12.7. The maximum Gasteiger partial charge on any atom is 0.348 e. The number of esters is 4. The minimum Gasteiger partial charge on any atom is -0.467 e. The van der Waals surface area contributed by atoms with Gasteiger partial charge in [0.15, 0.2) is 0 Å². The van der Waals surface area contributed by atoms with Gasteiger partial charge in [-0.05, 0) is 50.5 Å². The lowest BCUT2D eigenvalue weighted by atomic mass is 9.38. The smallest absolute Gasteiger partial charge is 0.348 e. The van der Waals surface area contributed by atoms with Gasteiger partial charge < -0.3 is 44.7 Å². The molecular formula is C29H39NO12. The molecule has 5 aliphatic rings. The standard InChI is InChI=1S/C29H39NO12/c1-12(2)8-18(32)42-20-22-28-11-39-29(22,26(37)38-5)23(34)19(33)21(28)27(4)7-6-16(40-24(35)15(30)10-31)13(3)14(27)9-17(28)41-25(20)36/h8,14-15,17,19-23,31,33-34H,6-7,9-11,30H2,1-5H3/t14-,15-,17+,19+,20+,21?,22+,23-,27-,28+,29-/m0/s1. The number of fused-ring (bicyclic) bond motifs is 2. The average Bonchev–Trinajstić information content (AvgIpc) is 3.24. The van der Waals surface area contributed by atoms with E-state index in [1.165, 1.54) is 6.08 Å². The predicted octanol–water partition coefficient (Wildman–Crippen LogP) is -0.357. The van der Waals surface area contributed by atoms with Crippen molar-refractivity contribution in [2.45, 2.75) is 83.0 Å². The fraction of sp³-hybridized carbons (Fsp3) is 0.724. The lowest BCUT2D eigenvalue weighted by Crippen LogP contribution is -2.79. The van der Waals surface area contributed by atoms with Gasteiger partial charge in [-0.3, -0.25) is 0 Å². The van der Waals surface area contributed by atoms with Gasteiger partial charge in [-0.25, -0.2) is 19.2 Å². The molecule has 1 unspecified atom stereocenters. The maximum absolute atomic E-state index is 13.6. The minimum atomic E-state index is -2.19. The molecule has 0 radical (unpaired) electrons. The summed E-state index contributed by atoms with van der Waals surface area (Å²) in [4.78, 5) is 52.2. The molecule has 2 aliphatic heterocycles. The highest BCUT2D eigenvalue weighted by molar-refractivity contribution is 5.89. The average molecular weight is 594 g/mol. The highest BCUT2D eigenvalue weighted by Crippen LogP contribution is 2.73. The molecule has 0 aromatic heterocycles. The lowest BCUT2D eigenvalue weighted by Gasteiger charge is -2.67. The first-order valence-corrected chi connectivity index (χ1v) is 14.1. The summed E-state index contributed by atoms with van der Waals surface area (Å²) in [7, 11) is 1.11. The second-order valence-corrected chi connectivity index (χ2v) is 12.7. The van der Waals surface area contributed by atoms with Crippen molar-refractivity contribution in [3.05, 3.63) is 23.0 Å². The van der Waals surface area contributed by atoms with Gasteiger partial charge in [0.25, 0.3) is 0 Å². The summed E-state index contributed by atoms with van der Waals surface area (Å²) in [5, 5.41) is 32.8. The van der Waals surface area contributed by atoms with Gasteiger partial charge in [-0.2, -0.15) is 0 Å². The van der Waals surface area contributed by atoms with Crippen LogP contribution in [0.4, 0.5) is 0 Å². The predicted molar refractivity (Wildman–Crippen MR) is 141 cm³/mol. The van der Waals surface area contributed by atoms with Gasteiger partial charge in [0, 0.05) is 23.8 Å². The summed E-state index contributed by atoms with van der Waals surface area (Å²) >= 11 is 0. The Morgan fingerprint density at radius 1 is 1.21 bits per heavy atom. The summed E-state index contributed by atoms with van der Waals surface area (Å²) < 4.78 is 28.4. The van der Waals surface area contributed by atoms with Crippen LogP contribution in [0.3, 0.4) is 0 Å². The van der Waals surface area contributed by atoms with E-state index in [1.807, 2.05) is 6.92 Å². The van der Waals surface area contributed by atoms with E-state index in [1.54, 1.807) is 20.8 Å². The molecule has 13 heteroatoms. The Labute approximate surface area is 242 Å². The number of hydrogen-bond acceptors (Lipinski definition) is 13. The van der Waals surface area contributed by atoms with E-state index in [0.29, 0.717) is 23.3 Å². The van der Waals surface area contributed by atoms with Crippen LogP contribution < -0.4 is 5.73 Å². The third kappa shape index (κ3) is 4.00.